The fraction of sp³-hybridized carbons (Fsp3) is 1.00. The molecule has 0 radical (unpaired) electrons. The van der Waals surface area contributed by atoms with E-state index in [-0.39, 0.29) is 0 Å². The van der Waals surface area contributed by atoms with Crippen molar-refractivity contribution in [2.45, 2.75) is 37.7 Å². The molecule has 9 nitrogen and oxygen atoms in total. The summed E-state index contributed by atoms with van der Waals surface area (Å²) in [6.45, 7) is 7.07. The Labute approximate surface area is 191 Å². The number of halogens is 6. The van der Waals surface area contributed by atoms with Gasteiger partial charge in [0, 0.05) is 27.2 Å². The van der Waals surface area contributed by atoms with Crippen LogP contribution < -0.4 is 0 Å². The van der Waals surface area contributed by atoms with Crippen molar-refractivity contribution in [3.63, 3.8) is 0 Å². The second-order valence-electron chi connectivity index (χ2n) is 8.04. The lowest BCUT2D eigenvalue weighted by Crippen LogP contribution is -2.63. The minimum Gasteiger partial charge on any atom is -0.421 e. The summed E-state index contributed by atoms with van der Waals surface area (Å²) < 4.78 is 127. The van der Waals surface area contributed by atoms with Gasteiger partial charge in [0.15, 0.2) is 20.0 Å². The maximum absolute atomic E-state index is 11.4. The number of rotatable bonds is 8. The molecular formula is C15H30F6N2O7S2Si. The SMILES string of the molecule is CO[Si](C[N+]1(C)CCCC(C(C)C)C1)(OC)OC.O=S(=O)([N-]S(=O)(=O)C(F)(F)F)C(F)(F)F. The smallest absolute Gasteiger partial charge is 0.421 e. The number of hydrogen-bond acceptors (Lipinski definition) is 7. The highest BCUT2D eigenvalue weighted by molar-refractivity contribution is 8.13. The Hall–Kier alpha value is -0.503. The molecule has 0 aromatic heterocycles. The van der Waals surface area contributed by atoms with Crippen LogP contribution >= 0.6 is 0 Å². The molecule has 200 valence electrons. The van der Waals surface area contributed by atoms with Crippen LogP contribution in [0.25, 0.3) is 4.13 Å². The molecule has 0 aliphatic carbocycles. The largest absolute Gasteiger partial charge is 0.558 e. The topological polar surface area (TPSA) is 110 Å². The lowest BCUT2D eigenvalue weighted by molar-refractivity contribution is -0.910. The Morgan fingerprint density at radius 1 is 0.939 bits per heavy atom. The van der Waals surface area contributed by atoms with E-state index >= 15 is 0 Å². The van der Waals surface area contributed by atoms with Gasteiger partial charge in [-0.1, -0.05) is 13.8 Å². The average Bonchev–Trinajstić information content (AvgIpc) is 2.64. The fourth-order valence-corrected chi connectivity index (χ4v) is 7.12. The van der Waals surface area contributed by atoms with E-state index in [0.29, 0.717) is 0 Å². The highest BCUT2D eigenvalue weighted by Gasteiger charge is 2.49. The summed E-state index contributed by atoms with van der Waals surface area (Å²) in [5.41, 5.74) is -12.4. The van der Waals surface area contributed by atoms with E-state index in [9.17, 15) is 43.2 Å². The Kier molecular flexibility index (Phi) is 11.3. The molecule has 0 bridgehead atoms. The molecule has 0 spiro atoms. The molecule has 1 saturated heterocycles. The molecule has 0 aromatic carbocycles. The van der Waals surface area contributed by atoms with Crippen LogP contribution in [0.3, 0.4) is 0 Å². The van der Waals surface area contributed by atoms with E-state index in [4.69, 9.17) is 13.3 Å². The summed E-state index contributed by atoms with van der Waals surface area (Å²) >= 11 is 0. The van der Waals surface area contributed by atoms with Gasteiger partial charge in [-0.2, -0.15) is 26.3 Å². The number of hydrogen-bond donors (Lipinski definition) is 0. The van der Waals surface area contributed by atoms with E-state index in [2.05, 4.69) is 20.9 Å². The van der Waals surface area contributed by atoms with Gasteiger partial charge in [-0.05, 0) is 18.8 Å². The zero-order chi connectivity index (χ0) is 26.5. The molecule has 18 heteroatoms. The molecule has 0 saturated carbocycles. The monoisotopic (exact) mass is 556 g/mol. The summed E-state index contributed by atoms with van der Waals surface area (Å²) in [6.07, 6.45) is 3.52. The van der Waals surface area contributed by atoms with Crippen molar-refractivity contribution in [1.29, 1.82) is 0 Å². The minimum atomic E-state index is -6.72. The first-order valence-electron chi connectivity index (χ1n) is 9.47. The molecular weight excluding hydrogens is 526 g/mol. The second kappa shape index (κ2) is 11.5. The maximum Gasteiger partial charge on any atom is 0.558 e. The van der Waals surface area contributed by atoms with Crippen LogP contribution in [0.4, 0.5) is 26.3 Å². The summed E-state index contributed by atoms with van der Waals surface area (Å²) in [6, 6.07) is 0. The molecule has 1 aliphatic heterocycles. The van der Waals surface area contributed by atoms with Crippen molar-refractivity contribution in [1.82, 2.24) is 0 Å². The Morgan fingerprint density at radius 2 is 1.33 bits per heavy atom. The molecule has 1 aliphatic rings. The van der Waals surface area contributed by atoms with Crippen molar-refractivity contribution in [3.8, 4) is 0 Å². The van der Waals surface area contributed by atoms with Crippen molar-refractivity contribution in [3.05, 3.63) is 4.13 Å². The molecule has 2 atom stereocenters. The first-order chi connectivity index (χ1) is 14.6. The molecule has 1 fully saturated rings. The van der Waals surface area contributed by atoms with E-state index < -0.39 is 39.9 Å². The third-order valence-electron chi connectivity index (χ3n) is 5.18. The van der Waals surface area contributed by atoms with Crippen LogP contribution in [-0.2, 0) is 33.3 Å². The molecule has 0 N–H and O–H groups in total. The van der Waals surface area contributed by atoms with Crippen LogP contribution in [0.15, 0.2) is 0 Å². The van der Waals surface area contributed by atoms with E-state index in [1.807, 2.05) is 0 Å². The zero-order valence-electron chi connectivity index (χ0n) is 19.0. The second-order valence-corrected chi connectivity index (χ2v) is 14.4. The van der Waals surface area contributed by atoms with Gasteiger partial charge in [-0.3, -0.25) is 0 Å². The van der Waals surface area contributed by atoms with Crippen molar-refractivity contribution < 1.29 is 60.9 Å². The number of piperidine rings is 1. The van der Waals surface area contributed by atoms with Crippen molar-refractivity contribution in [2.24, 2.45) is 11.8 Å². The van der Waals surface area contributed by atoms with Gasteiger partial charge in [0.2, 0.25) is 0 Å². The number of sulfonamides is 2. The molecule has 1 rings (SSSR count). The lowest BCUT2D eigenvalue weighted by atomic mass is 9.87. The Morgan fingerprint density at radius 3 is 1.64 bits per heavy atom. The molecule has 1 heterocycles. The summed E-state index contributed by atoms with van der Waals surface area (Å²) in [5.74, 6) is 1.56. The summed E-state index contributed by atoms with van der Waals surface area (Å²) in [5, 5.41) is 0. The van der Waals surface area contributed by atoms with E-state index in [1.165, 1.54) is 25.9 Å². The molecule has 2 unspecified atom stereocenters. The predicted octanol–water partition coefficient (Wildman–Crippen LogP) is 2.98. The standard InChI is InChI=1S/C13H30NO3Si.C2F6NO4S2/c1-12(2)13-8-7-9-14(3,10-13)11-18(15-4,16-5)17-6;3-1(4,5)14(10,11)9-15(12,13)2(6,7)8/h12-13H,7-11H2,1-6H3;/q+1;-1. The van der Waals surface area contributed by atoms with Gasteiger partial charge in [-0.25, -0.2) is 16.8 Å². The van der Waals surface area contributed by atoms with Crippen LogP contribution in [0, 0.1) is 11.8 Å². The Bertz CT molecular complexity index is 782. The first kappa shape index (κ1) is 32.5. The maximum atomic E-state index is 11.4. The zero-order valence-corrected chi connectivity index (χ0v) is 21.7. The molecule has 0 aromatic rings. The molecule has 33 heavy (non-hydrogen) atoms. The van der Waals surface area contributed by atoms with Crippen LogP contribution in [0.1, 0.15) is 26.7 Å². The number of nitrogens with zero attached hydrogens (tertiary/aromatic N) is 2. The summed E-state index contributed by atoms with van der Waals surface area (Å²) in [4.78, 5) is 0. The first-order valence-corrected chi connectivity index (χ1v) is 14.3. The van der Waals surface area contributed by atoms with Crippen LogP contribution in [0.2, 0.25) is 0 Å². The van der Waals surface area contributed by atoms with Crippen LogP contribution in [-0.4, -0.2) is 88.8 Å². The van der Waals surface area contributed by atoms with Gasteiger partial charge < -0.3 is 21.9 Å². The van der Waals surface area contributed by atoms with E-state index in [0.717, 1.165) is 26.6 Å². The van der Waals surface area contributed by atoms with E-state index in [1.54, 1.807) is 21.3 Å². The van der Waals surface area contributed by atoms with Crippen LogP contribution in [0.5, 0.6) is 0 Å². The predicted molar refractivity (Wildman–Crippen MR) is 108 cm³/mol. The number of quaternary nitrogens is 1. The third-order valence-corrected chi connectivity index (χ3v) is 10.9. The quantitative estimate of drug-likeness (QED) is 0.257. The number of alkyl halides is 6. The summed E-state index contributed by atoms with van der Waals surface area (Å²) in [7, 11) is -8.49. The Balaban J connectivity index is 0.000000633. The van der Waals surface area contributed by atoms with Gasteiger partial charge >= 0.3 is 19.8 Å². The lowest BCUT2D eigenvalue weighted by Gasteiger charge is -2.44. The normalized spacial score (nSPS) is 23.2. The van der Waals surface area contributed by atoms with Gasteiger partial charge in [0.1, 0.15) is 6.17 Å². The highest BCUT2D eigenvalue weighted by Crippen LogP contribution is 2.36. The minimum absolute atomic E-state index is 0.756. The number of likely N-dealkylation sites (tertiary alicyclic amines) is 1. The average molecular weight is 557 g/mol. The van der Waals surface area contributed by atoms with Gasteiger partial charge in [-0.15, -0.1) is 0 Å². The van der Waals surface area contributed by atoms with Crippen molar-refractivity contribution in [2.75, 3.05) is 47.6 Å². The van der Waals surface area contributed by atoms with Crippen molar-refractivity contribution >= 4 is 28.9 Å². The third kappa shape index (κ3) is 9.23. The fourth-order valence-electron chi connectivity index (χ4n) is 3.30. The van der Waals surface area contributed by atoms with Gasteiger partial charge in [0.05, 0.1) is 20.1 Å². The molecule has 0 amide bonds. The van der Waals surface area contributed by atoms with Gasteiger partial charge in [0.25, 0.3) is 0 Å². The highest BCUT2D eigenvalue weighted by atomic mass is 32.3.